The highest BCUT2D eigenvalue weighted by molar-refractivity contribution is 5.78. The lowest BCUT2D eigenvalue weighted by atomic mass is 9.82. The minimum absolute atomic E-state index is 0.438. The zero-order valence-electron chi connectivity index (χ0n) is 10.4. The van der Waals surface area contributed by atoms with Gasteiger partial charge in [0.25, 0.3) is 0 Å². The van der Waals surface area contributed by atoms with Gasteiger partial charge in [0.1, 0.15) is 0 Å². The summed E-state index contributed by atoms with van der Waals surface area (Å²) in [6, 6.07) is 0.560. The third-order valence-corrected chi connectivity index (χ3v) is 4.70. The fourth-order valence-corrected chi connectivity index (χ4v) is 3.57. The molecular weight excluding hydrogens is 214 g/mol. The highest BCUT2D eigenvalue weighted by Gasteiger charge is 2.49. The van der Waals surface area contributed by atoms with E-state index in [0.29, 0.717) is 24.5 Å². The lowest BCUT2D eigenvalue weighted by Gasteiger charge is -2.31. The molecule has 3 aliphatic carbocycles. The molecular formula is C13H23N3O. The molecule has 3 rings (SSSR count). The Kier molecular flexibility index (Phi) is 2.77. The number of nitrogens with one attached hydrogen (secondary N) is 1. The number of aliphatic imine (C=N–C) groups is 1. The van der Waals surface area contributed by atoms with Crippen LogP contribution in [0.4, 0.5) is 0 Å². The van der Waals surface area contributed by atoms with Gasteiger partial charge in [-0.3, -0.25) is 4.99 Å². The van der Waals surface area contributed by atoms with E-state index in [1.165, 1.54) is 32.1 Å². The van der Waals surface area contributed by atoms with Crippen molar-refractivity contribution in [3.05, 3.63) is 0 Å². The van der Waals surface area contributed by atoms with Gasteiger partial charge in [0.2, 0.25) is 0 Å². The number of hydrogen-bond acceptors (Lipinski definition) is 2. The Morgan fingerprint density at radius 3 is 2.76 bits per heavy atom. The summed E-state index contributed by atoms with van der Waals surface area (Å²) in [7, 11) is 0. The van der Waals surface area contributed by atoms with Crippen molar-refractivity contribution in [3.63, 3.8) is 0 Å². The molecule has 0 spiro atoms. The van der Waals surface area contributed by atoms with Gasteiger partial charge in [-0.25, -0.2) is 0 Å². The summed E-state index contributed by atoms with van der Waals surface area (Å²) in [5.41, 5.74) is 5.34. The Labute approximate surface area is 103 Å². The lowest BCUT2D eigenvalue weighted by Crippen LogP contribution is -2.37. The van der Waals surface area contributed by atoms with Crippen LogP contribution in [-0.4, -0.2) is 29.3 Å². The standard InChI is InChI=1S/C13H23N3O/c14-12(16-11-3-4-11)15-6-5-13(17)8-9-1-2-10(13)7-9/h9-11,17H,1-8H2,(H3,14,15,16). The first-order chi connectivity index (χ1) is 8.16. The van der Waals surface area contributed by atoms with E-state index in [1.54, 1.807) is 0 Å². The molecule has 17 heavy (non-hydrogen) atoms. The normalized spacial score (nSPS) is 40.9. The average molecular weight is 237 g/mol. The smallest absolute Gasteiger partial charge is 0.188 e. The molecule has 3 atom stereocenters. The van der Waals surface area contributed by atoms with Gasteiger partial charge < -0.3 is 16.2 Å². The van der Waals surface area contributed by atoms with E-state index in [-0.39, 0.29) is 0 Å². The van der Waals surface area contributed by atoms with E-state index in [0.717, 1.165) is 18.8 Å². The minimum Gasteiger partial charge on any atom is -0.390 e. The van der Waals surface area contributed by atoms with Crippen LogP contribution in [0.25, 0.3) is 0 Å². The molecule has 0 aliphatic heterocycles. The molecule has 0 amide bonds. The summed E-state index contributed by atoms with van der Waals surface area (Å²) in [5, 5.41) is 13.7. The zero-order valence-corrected chi connectivity index (χ0v) is 10.4. The third kappa shape index (κ3) is 2.41. The second-order valence-electron chi connectivity index (χ2n) is 6.12. The monoisotopic (exact) mass is 237 g/mol. The first-order valence-corrected chi connectivity index (χ1v) is 6.94. The van der Waals surface area contributed by atoms with Crippen molar-refractivity contribution in [1.82, 2.24) is 5.32 Å². The van der Waals surface area contributed by atoms with Crippen molar-refractivity contribution in [2.75, 3.05) is 6.54 Å². The molecule has 4 heteroatoms. The molecule has 0 aromatic rings. The number of nitrogens with zero attached hydrogens (tertiary/aromatic N) is 1. The van der Waals surface area contributed by atoms with Crippen LogP contribution < -0.4 is 11.1 Å². The van der Waals surface area contributed by atoms with E-state index in [2.05, 4.69) is 10.3 Å². The molecule has 3 unspecified atom stereocenters. The number of hydrogen-bond donors (Lipinski definition) is 3. The molecule has 0 aromatic carbocycles. The first-order valence-electron chi connectivity index (χ1n) is 6.94. The van der Waals surface area contributed by atoms with E-state index in [4.69, 9.17) is 5.73 Å². The van der Waals surface area contributed by atoms with Crippen molar-refractivity contribution >= 4 is 5.96 Å². The van der Waals surface area contributed by atoms with Gasteiger partial charge in [-0.2, -0.15) is 0 Å². The maximum Gasteiger partial charge on any atom is 0.188 e. The second-order valence-corrected chi connectivity index (χ2v) is 6.12. The van der Waals surface area contributed by atoms with Crippen LogP contribution in [0.3, 0.4) is 0 Å². The highest BCUT2D eigenvalue weighted by Crippen LogP contribution is 2.52. The SMILES string of the molecule is NC(=NCCC1(O)CC2CCC1C2)NC1CC1. The predicted octanol–water partition coefficient (Wildman–Crippen LogP) is 0.994. The largest absolute Gasteiger partial charge is 0.390 e. The number of fused-ring (bicyclic) bond motifs is 2. The second kappa shape index (κ2) is 4.16. The number of guanidine groups is 1. The third-order valence-electron chi connectivity index (χ3n) is 4.70. The van der Waals surface area contributed by atoms with E-state index in [1.807, 2.05) is 0 Å². The van der Waals surface area contributed by atoms with Crippen LogP contribution in [0.2, 0.25) is 0 Å². The molecule has 0 aromatic heterocycles. The summed E-state index contributed by atoms with van der Waals surface area (Å²) in [4.78, 5) is 4.32. The van der Waals surface area contributed by atoms with Crippen molar-refractivity contribution in [2.24, 2.45) is 22.6 Å². The van der Waals surface area contributed by atoms with Crippen molar-refractivity contribution in [1.29, 1.82) is 0 Å². The van der Waals surface area contributed by atoms with Crippen LogP contribution in [0, 0.1) is 11.8 Å². The van der Waals surface area contributed by atoms with Crippen LogP contribution in [-0.2, 0) is 0 Å². The first kappa shape index (κ1) is 11.3. The van der Waals surface area contributed by atoms with Gasteiger partial charge in [0, 0.05) is 12.6 Å². The number of aliphatic hydroxyl groups is 1. The molecule has 3 saturated carbocycles. The average Bonchev–Trinajstić information content (AvgIpc) is 2.87. The maximum absolute atomic E-state index is 10.6. The molecule has 3 fully saturated rings. The molecule has 4 N–H and O–H groups in total. The van der Waals surface area contributed by atoms with E-state index in [9.17, 15) is 5.11 Å². The van der Waals surface area contributed by atoms with Gasteiger partial charge >= 0.3 is 0 Å². The van der Waals surface area contributed by atoms with Crippen LogP contribution in [0.5, 0.6) is 0 Å². The van der Waals surface area contributed by atoms with Crippen molar-refractivity contribution in [3.8, 4) is 0 Å². The highest BCUT2D eigenvalue weighted by atomic mass is 16.3. The Balaban J connectivity index is 1.47. The lowest BCUT2D eigenvalue weighted by molar-refractivity contribution is -0.0181. The summed E-state index contributed by atoms with van der Waals surface area (Å²) >= 11 is 0. The van der Waals surface area contributed by atoms with Crippen LogP contribution in [0.1, 0.15) is 44.9 Å². The van der Waals surface area contributed by atoms with Gasteiger partial charge in [-0.05, 0) is 56.8 Å². The number of rotatable bonds is 4. The Morgan fingerprint density at radius 1 is 1.35 bits per heavy atom. The fourth-order valence-electron chi connectivity index (χ4n) is 3.57. The van der Waals surface area contributed by atoms with Gasteiger partial charge in [-0.15, -0.1) is 0 Å². The van der Waals surface area contributed by atoms with Crippen LogP contribution in [0.15, 0.2) is 4.99 Å². The molecule has 0 saturated heterocycles. The fraction of sp³-hybridized carbons (Fsp3) is 0.923. The molecule has 0 heterocycles. The topological polar surface area (TPSA) is 70.6 Å². The van der Waals surface area contributed by atoms with Gasteiger partial charge in [0.05, 0.1) is 5.60 Å². The summed E-state index contributed by atoms with van der Waals surface area (Å²) in [6.07, 6.45) is 7.95. The van der Waals surface area contributed by atoms with Crippen molar-refractivity contribution < 1.29 is 5.11 Å². The molecule has 96 valence electrons. The summed E-state index contributed by atoms with van der Waals surface area (Å²) in [6.45, 7) is 0.658. The zero-order chi connectivity index (χ0) is 11.9. The summed E-state index contributed by atoms with van der Waals surface area (Å²) < 4.78 is 0. The minimum atomic E-state index is -0.438. The van der Waals surface area contributed by atoms with Gasteiger partial charge in [-0.1, -0.05) is 0 Å². The Morgan fingerprint density at radius 2 is 2.18 bits per heavy atom. The van der Waals surface area contributed by atoms with E-state index >= 15 is 0 Å². The Hall–Kier alpha value is -0.770. The maximum atomic E-state index is 10.6. The number of nitrogens with two attached hydrogens (primary N) is 1. The summed E-state index contributed by atoms with van der Waals surface area (Å²) in [5.74, 6) is 1.86. The quantitative estimate of drug-likeness (QED) is 0.504. The van der Waals surface area contributed by atoms with E-state index < -0.39 is 5.60 Å². The Bertz CT molecular complexity index is 327. The molecule has 3 aliphatic rings. The van der Waals surface area contributed by atoms with Gasteiger partial charge in [0.15, 0.2) is 5.96 Å². The molecule has 4 nitrogen and oxygen atoms in total. The van der Waals surface area contributed by atoms with Crippen molar-refractivity contribution in [2.45, 2.75) is 56.6 Å². The van der Waals surface area contributed by atoms with Crippen LogP contribution >= 0.6 is 0 Å². The molecule has 0 radical (unpaired) electrons. The molecule has 2 bridgehead atoms. The predicted molar refractivity (Wildman–Crippen MR) is 67.7 cm³/mol.